The van der Waals surface area contributed by atoms with Crippen molar-refractivity contribution in [3.05, 3.63) is 37.6 Å². The highest BCUT2D eigenvalue weighted by Crippen LogP contribution is 2.39. The van der Waals surface area contributed by atoms with E-state index < -0.39 is 11.2 Å². The fourth-order valence-corrected chi connectivity index (χ4v) is 3.43. The molecule has 2 aromatic heterocycles. The number of anilines is 1. The van der Waals surface area contributed by atoms with Crippen LogP contribution in [0.5, 0.6) is 0 Å². The summed E-state index contributed by atoms with van der Waals surface area (Å²) in [4.78, 5) is 46.1. The summed E-state index contributed by atoms with van der Waals surface area (Å²) in [5.74, 6) is 6.30. The molecule has 2 aliphatic rings. The number of fused-ring (bicyclic) bond motifs is 1. The van der Waals surface area contributed by atoms with Crippen molar-refractivity contribution >= 4 is 11.6 Å². The van der Waals surface area contributed by atoms with E-state index >= 15 is 0 Å². The first-order valence-corrected chi connectivity index (χ1v) is 8.38. The second-order valence-corrected chi connectivity index (χ2v) is 6.84. The van der Waals surface area contributed by atoms with Gasteiger partial charge in [-0.3, -0.25) is 4.79 Å². The molecular formula is C15H19N7O3. The van der Waals surface area contributed by atoms with E-state index in [0.29, 0.717) is 34.9 Å². The van der Waals surface area contributed by atoms with E-state index in [1.807, 2.05) is 4.90 Å². The van der Waals surface area contributed by atoms with E-state index in [-0.39, 0.29) is 17.9 Å². The summed E-state index contributed by atoms with van der Waals surface area (Å²) in [5, 5.41) is 3.11. The minimum absolute atomic E-state index is 0.0891. The number of nitrogens with zero attached hydrogens (tertiary/aromatic N) is 6. The summed E-state index contributed by atoms with van der Waals surface area (Å²) in [6.07, 6.45) is 3.96. The van der Waals surface area contributed by atoms with Gasteiger partial charge in [-0.1, -0.05) is 5.18 Å². The first-order chi connectivity index (χ1) is 12.0. The van der Waals surface area contributed by atoms with Crippen LogP contribution in [0.25, 0.3) is 5.65 Å². The van der Waals surface area contributed by atoms with Gasteiger partial charge in [0.25, 0.3) is 5.56 Å². The van der Waals surface area contributed by atoms with Crippen LogP contribution in [-0.4, -0.2) is 38.2 Å². The lowest BCUT2D eigenvalue weighted by molar-refractivity contribution is 0.487. The number of nitroso groups, excluding NO2 is 1. The maximum absolute atomic E-state index is 12.4. The predicted molar refractivity (Wildman–Crippen MR) is 91.2 cm³/mol. The number of aromatic nitrogens is 4. The average Bonchev–Trinajstić information content (AvgIpc) is 3.33. The van der Waals surface area contributed by atoms with Crippen LogP contribution in [0.2, 0.25) is 0 Å². The standard InChI is InChI=1S/C15H19N7O3/c1-8(19-25)10-4-5-20(6-10)14-17-7-21-12(18-14)11(9-2-3-9)13(23)22(16)15(21)24/h7-10H,2-6,16H2,1H3. The van der Waals surface area contributed by atoms with Crippen LogP contribution in [0, 0.1) is 10.8 Å². The Balaban J connectivity index is 1.79. The normalized spacial score (nSPS) is 21.6. The zero-order valence-corrected chi connectivity index (χ0v) is 13.8. The predicted octanol–water partition coefficient (Wildman–Crippen LogP) is -0.176. The van der Waals surface area contributed by atoms with E-state index in [0.717, 1.165) is 19.3 Å². The van der Waals surface area contributed by atoms with E-state index in [9.17, 15) is 14.5 Å². The Labute approximate surface area is 142 Å². The van der Waals surface area contributed by atoms with E-state index in [1.54, 1.807) is 6.92 Å². The molecule has 0 radical (unpaired) electrons. The van der Waals surface area contributed by atoms with Crippen molar-refractivity contribution in [2.75, 3.05) is 23.8 Å². The molecule has 10 heteroatoms. The highest BCUT2D eigenvalue weighted by atomic mass is 16.3. The summed E-state index contributed by atoms with van der Waals surface area (Å²) in [6, 6.07) is -0.264. The van der Waals surface area contributed by atoms with Gasteiger partial charge in [0.15, 0.2) is 5.65 Å². The molecule has 2 atom stereocenters. The number of nitrogens with two attached hydrogens (primary N) is 1. The molecular weight excluding hydrogens is 326 g/mol. The first-order valence-electron chi connectivity index (χ1n) is 8.38. The van der Waals surface area contributed by atoms with Gasteiger partial charge in [-0.25, -0.2) is 14.2 Å². The number of nitrogen functional groups attached to an aromatic ring is 1. The second kappa shape index (κ2) is 5.64. The molecule has 25 heavy (non-hydrogen) atoms. The zero-order valence-electron chi connectivity index (χ0n) is 13.8. The van der Waals surface area contributed by atoms with Crippen molar-refractivity contribution in [1.82, 2.24) is 19.0 Å². The lowest BCUT2D eigenvalue weighted by atomic mass is 10.0. The third-order valence-electron chi connectivity index (χ3n) is 5.17. The molecule has 1 aliphatic carbocycles. The van der Waals surface area contributed by atoms with Crippen molar-refractivity contribution in [2.24, 2.45) is 11.1 Å². The van der Waals surface area contributed by atoms with Crippen LogP contribution in [-0.2, 0) is 0 Å². The summed E-state index contributed by atoms with van der Waals surface area (Å²) in [5.41, 5.74) is -0.345. The minimum atomic E-state index is -0.658. The Morgan fingerprint density at radius 3 is 2.76 bits per heavy atom. The lowest BCUT2D eigenvalue weighted by Gasteiger charge is -2.18. The molecule has 1 saturated carbocycles. The third-order valence-corrected chi connectivity index (χ3v) is 5.17. The highest BCUT2D eigenvalue weighted by molar-refractivity contribution is 5.52. The van der Waals surface area contributed by atoms with Crippen LogP contribution < -0.4 is 22.0 Å². The van der Waals surface area contributed by atoms with Gasteiger partial charge in [-0.2, -0.15) is 14.6 Å². The fraction of sp³-hybridized carbons (Fsp3) is 0.600. The maximum Gasteiger partial charge on any atom is 0.356 e. The van der Waals surface area contributed by atoms with Crippen molar-refractivity contribution in [2.45, 2.75) is 38.1 Å². The van der Waals surface area contributed by atoms with Gasteiger partial charge in [-0.05, 0) is 32.1 Å². The number of hydrogen-bond donors (Lipinski definition) is 1. The molecule has 2 aromatic rings. The van der Waals surface area contributed by atoms with Crippen LogP contribution in [0.1, 0.15) is 37.7 Å². The second-order valence-electron chi connectivity index (χ2n) is 6.84. The van der Waals surface area contributed by atoms with E-state index in [4.69, 9.17) is 5.84 Å². The monoisotopic (exact) mass is 345 g/mol. The summed E-state index contributed by atoms with van der Waals surface area (Å²) in [6.45, 7) is 3.13. The van der Waals surface area contributed by atoms with Gasteiger partial charge >= 0.3 is 5.69 Å². The summed E-state index contributed by atoms with van der Waals surface area (Å²) < 4.78 is 1.84. The van der Waals surface area contributed by atoms with Crippen molar-refractivity contribution in [3.63, 3.8) is 0 Å². The third kappa shape index (κ3) is 2.48. The molecule has 3 heterocycles. The van der Waals surface area contributed by atoms with Gasteiger partial charge in [-0.15, -0.1) is 0 Å². The zero-order chi connectivity index (χ0) is 17.7. The molecule has 0 amide bonds. The van der Waals surface area contributed by atoms with Gasteiger partial charge in [0.2, 0.25) is 5.95 Å². The Kier molecular flexibility index (Phi) is 3.55. The van der Waals surface area contributed by atoms with Gasteiger partial charge < -0.3 is 10.7 Å². The molecule has 1 aliphatic heterocycles. The van der Waals surface area contributed by atoms with Crippen LogP contribution in [0.15, 0.2) is 21.1 Å². The molecule has 2 N–H and O–H groups in total. The highest BCUT2D eigenvalue weighted by Gasteiger charge is 2.33. The summed E-state index contributed by atoms with van der Waals surface area (Å²) >= 11 is 0. The molecule has 0 spiro atoms. The number of hydrogen-bond acceptors (Lipinski definition) is 8. The van der Waals surface area contributed by atoms with Crippen molar-refractivity contribution in [3.8, 4) is 0 Å². The van der Waals surface area contributed by atoms with E-state index in [2.05, 4.69) is 15.1 Å². The molecule has 10 nitrogen and oxygen atoms in total. The van der Waals surface area contributed by atoms with Crippen LogP contribution >= 0.6 is 0 Å². The van der Waals surface area contributed by atoms with Crippen LogP contribution in [0.4, 0.5) is 5.95 Å². The van der Waals surface area contributed by atoms with Gasteiger partial charge in [0, 0.05) is 19.0 Å². The Hall–Kier alpha value is -2.78. The lowest BCUT2D eigenvalue weighted by Crippen LogP contribution is -2.44. The quantitative estimate of drug-likeness (QED) is 0.601. The molecule has 1 saturated heterocycles. The Morgan fingerprint density at radius 2 is 2.08 bits per heavy atom. The average molecular weight is 345 g/mol. The molecule has 4 rings (SSSR count). The molecule has 132 valence electrons. The van der Waals surface area contributed by atoms with E-state index in [1.165, 1.54) is 10.7 Å². The smallest absolute Gasteiger partial charge is 0.340 e. The number of rotatable bonds is 4. The Morgan fingerprint density at radius 1 is 1.32 bits per heavy atom. The SMILES string of the molecule is CC(N=O)C1CCN(c2ncn3c(=O)n(N)c(=O)c(C4CC4)c3n2)C1. The first kappa shape index (κ1) is 15.7. The van der Waals surface area contributed by atoms with Gasteiger partial charge in [0.1, 0.15) is 6.33 Å². The Bertz CT molecular complexity index is 962. The maximum atomic E-state index is 12.4. The summed E-state index contributed by atoms with van der Waals surface area (Å²) in [7, 11) is 0. The topological polar surface area (TPSA) is 128 Å². The van der Waals surface area contributed by atoms with Crippen LogP contribution in [0.3, 0.4) is 0 Å². The van der Waals surface area contributed by atoms with Crippen molar-refractivity contribution in [1.29, 1.82) is 0 Å². The fourth-order valence-electron chi connectivity index (χ4n) is 3.43. The molecule has 0 bridgehead atoms. The molecule has 0 aromatic carbocycles. The van der Waals surface area contributed by atoms with Gasteiger partial charge in [0.05, 0.1) is 11.6 Å². The largest absolute Gasteiger partial charge is 0.356 e. The van der Waals surface area contributed by atoms with Crippen molar-refractivity contribution < 1.29 is 0 Å². The molecule has 2 fully saturated rings. The molecule has 2 unspecified atom stereocenters. The minimum Gasteiger partial charge on any atom is -0.340 e.